The summed E-state index contributed by atoms with van der Waals surface area (Å²) in [6, 6.07) is 12.4. The van der Waals surface area contributed by atoms with Gasteiger partial charge in [0, 0.05) is 22.3 Å². The standard InChI is InChI=1S/C11H10FNS.C7H5FN2.C2H6/c1-7-2-3-8(12)4-10(7)11-5-9(14)6-13-11;8-6-3-5(4-9)1-2-7(6)10;1-2/h2-6,13-14H,1H3;1-3H,10H2;1-2H3. The van der Waals surface area contributed by atoms with Gasteiger partial charge in [0.1, 0.15) is 11.6 Å². The van der Waals surface area contributed by atoms with Crippen LogP contribution in [-0.2, 0) is 0 Å². The second-order valence-corrected chi connectivity index (χ2v) is 5.60. The molecule has 0 atom stereocenters. The molecule has 0 saturated heterocycles. The molecule has 3 N–H and O–H groups in total. The molecule has 6 heteroatoms. The van der Waals surface area contributed by atoms with E-state index in [-0.39, 0.29) is 17.1 Å². The summed E-state index contributed by atoms with van der Waals surface area (Å²) >= 11 is 4.19. The molecule has 0 saturated carbocycles. The van der Waals surface area contributed by atoms with Crippen LogP contribution in [0.1, 0.15) is 25.0 Å². The van der Waals surface area contributed by atoms with Crippen molar-refractivity contribution in [2.75, 3.05) is 5.73 Å². The monoisotopic (exact) mass is 373 g/mol. The number of H-pyrrole nitrogens is 1. The molecule has 0 aliphatic heterocycles. The lowest BCUT2D eigenvalue weighted by Gasteiger charge is -2.02. The van der Waals surface area contributed by atoms with Crippen LogP contribution < -0.4 is 5.73 Å². The number of aromatic amines is 1. The van der Waals surface area contributed by atoms with Crippen LogP contribution in [0.3, 0.4) is 0 Å². The van der Waals surface area contributed by atoms with Gasteiger partial charge in [-0.1, -0.05) is 19.9 Å². The van der Waals surface area contributed by atoms with E-state index in [1.54, 1.807) is 18.3 Å². The number of benzene rings is 2. The second kappa shape index (κ2) is 10.3. The molecule has 0 aliphatic carbocycles. The van der Waals surface area contributed by atoms with E-state index in [1.165, 1.54) is 24.3 Å². The number of nitriles is 1. The summed E-state index contributed by atoms with van der Waals surface area (Å²) < 4.78 is 25.5. The SMILES string of the molecule is CC.Cc1ccc(F)cc1-c1cc(S)c[nH]1.N#Cc1ccc(N)c(F)c1. The molecule has 3 rings (SSSR count). The minimum Gasteiger partial charge on any atom is -0.396 e. The zero-order valence-corrected chi connectivity index (χ0v) is 15.7. The van der Waals surface area contributed by atoms with Crippen molar-refractivity contribution in [1.82, 2.24) is 4.98 Å². The molecule has 1 heterocycles. The van der Waals surface area contributed by atoms with Crippen LogP contribution >= 0.6 is 12.6 Å². The van der Waals surface area contributed by atoms with Gasteiger partial charge in [0.15, 0.2) is 0 Å². The molecule has 3 aromatic rings. The normalized spacial score (nSPS) is 9.27. The van der Waals surface area contributed by atoms with E-state index in [9.17, 15) is 8.78 Å². The Hall–Kier alpha value is -2.78. The van der Waals surface area contributed by atoms with Crippen LogP contribution in [0.15, 0.2) is 53.6 Å². The predicted molar refractivity (Wildman–Crippen MR) is 105 cm³/mol. The first-order valence-corrected chi connectivity index (χ1v) is 8.44. The molecule has 26 heavy (non-hydrogen) atoms. The summed E-state index contributed by atoms with van der Waals surface area (Å²) in [4.78, 5) is 3.90. The van der Waals surface area contributed by atoms with Crippen molar-refractivity contribution in [1.29, 1.82) is 5.26 Å². The van der Waals surface area contributed by atoms with E-state index >= 15 is 0 Å². The van der Waals surface area contributed by atoms with E-state index < -0.39 is 5.82 Å². The maximum atomic E-state index is 13.0. The predicted octanol–water partition coefficient (Wildman–Crippen LogP) is 5.72. The first-order chi connectivity index (χ1) is 12.4. The van der Waals surface area contributed by atoms with Gasteiger partial charge in [-0.25, -0.2) is 8.78 Å². The molecule has 0 bridgehead atoms. The Labute approximate surface area is 157 Å². The third kappa shape index (κ3) is 5.94. The highest BCUT2D eigenvalue weighted by molar-refractivity contribution is 7.80. The third-order valence-electron chi connectivity index (χ3n) is 3.29. The molecular formula is C20H21F2N3S. The number of aryl methyl sites for hydroxylation is 1. The minimum atomic E-state index is -0.543. The molecule has 3 nitrogen and oxygen atoms in total. The van der Waals surface area contributed by atoms with Crippen LogP contribution in [0.25, 0.3) is 11.3 Å². The molecule has 0 aliphatic rings. The van der Waals surface area contributed by atoms with Crippen molar-refractivity contribution in [3.05, 3.63) is 71.4 Å². The largest absolute Gasteiger partial charge is 0.396 e. The van der Waals surface area contributed by atoms with Crippen LogP contribution in [0.2, 0.25) is 0 Å². The van der Waals surface area contributed by atoms with Gasteiger partial charge in [-0.2, -0.15) is 5.26 Å². The van der Waals surface area contributed by atoms with Crippen molar-refractivity contribution < 1.29 is 8.78 Å². The van der Waals surface area contributed by atoms with Crippen LogP contribution in [-0.4, -0.2) is 4.98 Å². The van der Waals surface area contributed by atoms with Crippen molar-refractivity contribution in [2.24, 2.45) is 0 Å². The molecular weight excluding hydrogens is 352 g/mol. The summed E-state index contributed by atoms with van der Waals surface area (Å²) in [5.41, 5.74) is 8.33. The molecule has 2 aromatic carbocycles. The van der Waals surface area contributed by atoms with Gasteiger partial charge >= 0.3 is 0 Å². The smallest absolute Gasteiger partial charge is 0.147 e. The van der Waals surface area contributed by atoms with Gasteiger partial charge in [-0.15, -0.1) is 12.6 Å². The zero-order chi connectivity index (χ0) is 19.7. The molecule has 0 unspecified atom stereocenters. The number of nitrogen functional groups attached to an aromatic ring is 1. The number of halogens is 2. The Morgan fingerprint density at radius 3 is 2.31 bits per heavy atom. The fraction of sp³-hybridized carbons (Fsp3) is 0.150. The Morgan fingerprint density at radius 2 is 1.77 bits per heavy atom. The minimum absolute atomic E-state index is 0.0685. The van der Waals surface area contributed by atoms with Crippen LogP contribution in [0.4, 0.5) is 14.5 Å². The zero-order valence-electron chi connectivity index (χ0n) is 14.8. The van der Waals surface area contributed by atoms with Gasteiger partial charge in [-0.3, -0.25) is 0 Å². The number of nitrogens with zero attached hydrogens (tertiary/aromatic N) is 1. The topological polar surface area (TPSA) is 65.6 Å². The Bertz CT molecular complexity index is 898. The summed E-state index contributed by atoms with van der Waals surface area (Å²) in [5.74, 6) is -0.764. The summed E-state index contributed by atoms with van der Waals surface area (Å²) in [6.07, 6.45) is 1.78. The molecule has 0 radical (unpaired) electrons. The maximum absolute atomic E-state index is 13.0. The fourth-order valence-corrected chi connectivity index (χ4v) is 2.21. The molecule has 0 spiro atoms. The van der Waals surface area contributed by atoms with Crippen molar-refractivity contribution in [3.8, 4) is 17.3 Å². The molecule has 1 aromatic heterocycles. The Balaban J connectivity index is 0.000000249. The number of rotatable bonds is 1. The van der Waals surface area contributed by atoms with Crippen molar-refractivity contribution in [3.63, 3.8) is 0 Å². The summed E-state index contributed by atoms with van der Waals surface area (Å²) in [5, 5.41) is 8.30. The van der Waals surface area contributed by atoms with Crippen molar-refractivity contribution in [2.45, 2.75) is 25.7 Å². The highest BCUT2D eigenvalue weighted by Gasteiger charge is 2.04. The maximum Gasteiger partial charge on any atom is 0.147 e. The average molecular weight is 373 g/mol. The first-order valence-electron chi connectivity index (χ1n) is 7.99. The molecule has 136 valence electrons. The number of nitrogens with one attached hydrogen (secondary N) is 1. The summed E-state index contributed by atoms with van der Waals surface area (Å²) in [7, 11) is 0. The lowest BCUT2D eigenvalue weighted by atomic mass is 10.1. The average Bonchev–Trinajstić information content (AvgIpc) is 3.08. The van der Waals surface area contributed by atoms with Crippen molar-refractivity contribution >= 4 is 18.3 Å². The highest BCUT2D eigenvalue weighted by Crippen LogP contribution is 2.24. The van der Waals surface area contributed by atoms with E-state index in [4.69, 9.17) is 11.0 Å². The quantitative estimate of drug-likeness (QED) is 0.377. The first kappa shape index (κ1) is 21.3. The number of anilines is 1. The van der Waals surface area contributed by atoms with E-state index in [2.05, 4.69) is 17.6 Å². The molecule has 0 amide bonds. The van der Waals surface area contributed by atoms with E-state index in [0.29, 0.717) is 0 Å². The van der Waals surface area contributed by atoms with Gasteiger partial charge in [0.25, 0.3) is 0 Å². The third-order valence-corrected chi connectivity index (χ3v) is 3.55. The Morgan fingerprint density at radius 1 is 1.08 bits per heavy atom. The lowest BCUT2D eigenvalue weighted by molar-refractivity contribution is 0.628. The number of hydrogen-bond acceptors (Lipinski definition) is 3. The van der Waals surface area contributed by atoms with E-state index in [0.717, 1.165) is 27.8 Å². The molecule has 0 fully saturated rings. The van der Waals surface area contributed by atoms with Gasteiger partial charge in [-0.05, 0) is 48.9 Å². The second-order valence-electron chi connectivity index (χ2n) is 5.08. The van der Waals surface area contributed by atoms with Crippen LogP contribution in [0, 0.1) is 29.9 Å². The summed E-state index contributed by atoms with van der Waals surface area (Å²) in [6.45, 7) is 5.95. The van der Waals surface area contributed by atoms with Crippen LogP contribution in [0.5, 0.6) is 0 Å². The number of hydrogen-bond donors (Lipinski definition) is 3. The number of nitrogens with two attached hydrogens (primary N) is 1. The highest BCUT2D eigenvalue weighted by atomic mass is 32.1. The van der Waals surface area contributed by atoms with Gasteiger partial charge in [0.2, 0.25) is 0 Å². The van der Waals surface area contributed by atoms with Gasteiger partial charge in [0.05, 0.1) is 17.3 Å². The van der Waals surface area contributed by atoms with E-state index in [1.807, 2.05) is 26.8 Å². The lowest BCUT2D eigenvalue weighted by Crippen LogP contribution is -1.89. The Kier molecular flexibility index (Phi) is 8.40. The number of thiol groups is 1. The fourth-order valence-electron chi connectivity index (χ4n) is 2.02. The van der Waals surface area contributed by atoms with Gasteiger partial charge < -0.3 is 10.7 Å². The number of aromatic nitrogens is 1.